The van der Waals surface area contributed by atoms with Crippen LogP contribution in [0.5, 0.6) is 0 Å². The molecule has 0 aliphatic carbocycles. The van der Waals surface area contributed by atoms with Crippen molar-refractivity contribution in [2.24, 2.45) is 5.14 Å². The number of sulfonamides is 1. The number of esters is 1. The van der Waals surface area contributed by atoms with E-state index in [1.807, 2.05) is 17.9 Å². The first-order valence-electron chi connectivity index (χ1n) is 8.42. The third kappa shape index (κ3) is 4.46. The zero-order valence-electron chi connectivity index (χ0n) is 15.2. The van der Waals surface area contributed by atoms with Crippen molar-refractivity contribution < 1.29 is 22.5 Å². The van der Waals surface area contributed by atoms with E-state index in [1.54, 1.807) is 6.07 Å². The van der Waals surface area contributed by atoms with Crippen molar-refractivity contribution in [3.8, 4) is 0 Å². The summed E-state index contributed by atoms with van der Waals surface area (Å²) in [6, 6.07) is 6.18. The highest BCUT2D eigenvalue weighted by molar-refractivity contribution is 7.89. The minimum atomic E-state index is -3.91. The zero-order valence-corrected chi connectivity index (χ0v) is 16.0. The van der Waals surface area contributed by atoms with Gasteiger partial charge in [0.05, 0.1) is 29.0 Å². The normalized spacial score (nSPS) is 15.7. The number of aryl methyl sites for hydroxylation is 1. The molecule has 1 fully saturated rings. The standard InChI is InChI=1S/C17H22N4O5S/c1-12-9-13(19-26-12)11-20-5-7-21(8-6-20)16-4-3-14(27(18,23)24)10-15(16)17(22)25-2/h3-4,9-10H,5-8,11H2,1-2H3,(H2,18,23,24). The minimum absolute atomic E-state index is 0.119. The molecule has 2 aromatic rings. The number of nitrogens with zero attached hydrogens (tertiary/aromatic N) is 3. The van der Waals surface area contributed by atoms with Crippen LogP contribution >= 0.6 is 0 Å². The Labute approximate surface area is 157 Å². The summed E-state index contributed by atoms with van der Waals surface area (Å²) in [5.41, 5.74) is 1.70. The van der Waals surface area contributed by atoms with E-state index in [9.17, 15) is 13.2 Å². The highest BCUT2D eigenvalue weighted by atomic mass is 32.2. The van der Waals surface area contributed by atoms with Crippen molar-refractivity contribution in [2.75, 3.05) is 38.2 Å². The van der Waals surface area contributed by atoms with Crippen molar-refractivity contribution in [1.82, 2.24) is 10.1 Å². The molecule has 1 aliphatic rings. The van der Waals surface area contributed by atoms with Gasteiger partial charge < -0.3 is 14.2 Å². The summed E-state index contributed by atoms with van der Waals surface area (Å²) >= 11 is 0. The van der Waals surface area contributed by atoms with E-state index >= 15 is 0 Å². The fraction of sp³-hybridized carbons (Fsp3) is 0.412. The molecule has 0 saturated carbocycles. The molecule has 0 unspecified atom stereocenters. The van der Waals surface area contributed by atoms with Gasteiger partial charge >= 0.3 is 5.97 Å². The minimum Gasteiger partial charge on any atom is -0.465 e. The molecular formula is C17H22N4O5S. The maximum atomic E-state index is 12.2. The number of ether oxygens (including phenoxy) is 1. The molecule has 2 heterocycles. The van der Waals surface area contributed by atoms with E-state index in [2.05, 4.69) is 10.1 Å². The lowest BCUT2D eigenvalue weighted by Gasteiger charge is -2.36. The molecule has 0 spiro atoms. The topological polar surface area (TPSA) is 119 Å². The van der Waals surface area contributed by atoms with Gasteiger partial charge in [0, 0.05) is 38.8 Å². The van der Waals surface area contributed by atoms with Crippen LogP contribution in [0.25, 0.3) is 0 Å². The first-order chi connectivity index (χ1) is 12.8. The highest BCUT2D eigenvalue weighted by Gasteiger charge is 2.24. The van der Waals surface area contributed by atoms with Crippen LogP contribution in [0, 0.1) is 6.92 Å². The molecule has 1 aromatic carbocycles. The number of carbonyl (C=O) groups excluding carboxylic acids is 1. The largest absolute Gasteiger partial charge is 0.465 e. The Balaban J connectivity index is 1.76. The predicted molar refractivity (Wildman–Crippen MR) is 97.9 cm³/mol. The van der Waals surface area contributed by atoms with Crippen molar-refractivity contribution in [2.45, 2.75) is 18.4 Å². The number of hydrogen-bond acceptors (Lipinski definition) is 8. The molecule has 1 aromatic heterocycles. The number of rotatable bonds is 5. The van der Waals surface area contributed by atoms with E-state index in [0.717, 1.165) is 24.5 Å². The van der Waals surface area contributed by atoms with Crippen LogP contribution in [-0.4, -0.2) is 57.7 Å². The second kappa shape index (κ2) is 7.67. The van der Waals surface area contributed by atoms with Crippen LogP contribution in [0.4, 0.5) is 5.69 Å². The smallest absolute Gasteiger partial charge is 0.340 e. The molecule has 1 saturated heterocycles. The number of piperazine rings is 1. The SMILES string of the molecule is COC(=O)c1cc(S(N)(=O)=O)ccc1N1CCN(Cc2cc(C)on2)CC1. The molecule has 0 atom stereocenters. The average Bonchev–Trinajstić information content (AvgIpc) is 3.05. The van der Waals surface area contributed by atoms with Gasteiger partial charge in [-0.15, -0.1) is 0 Å². The summed E-state index contributed by atoms with van der Waals surface area (Å²) in [5.74, 6) is 0.178. The molecule has 146 valence electrons. The van der Waals surface area contributed by atoms with Crippen LogP contribution in [0.1, 0.15) is 21.8 Å². The Bertz CT molecular complexity index is 933. The molecule has 0 amide bonds. The molecule has 10 heteroatoms. The number of methoxy groups -OCH3 is 1. The maximum absolute atomic E-state index is 12.2. The van der Waals surface area contributed by atoms with Crippen molar-refractivity contribution in [3.05, 3.63) is 41.3 Å². The highest BCUT2D eigenvalue weighted by Crippen LogP contribution is 2.26. The Morgan fingerprint density at radius 1 is 1.26 bits per heavy atom. The Morgan fingerprint density at radius 2 is 1.96 bits per heavy atom. The van der Waals surface area contributed by atoms with Gasteiger partial charge in [0.25, 0.3) is 0 Å². The lowest BCUT2D eigenvalue weighted by molar-refractivity contribution is 0.0601. The van der Waals surface area contributed by atoms with E-state index in [-0.39, 0.29) is 10.5 Å². The van der Waals surface area contributed by atoms with Crippen LogP contribution in [-0.2, 0) is 21.3 Å². The van der Waals surface area contributed by atoms with Crippen molar-refractivity contribution in [1.29, 1.82) is 0 Å². The summed E-state index contributed by atoms with van der Waals surface area (Å²) in [4.78, 5) is 16.3. The summed E-state index contributed by atoms with van der Waals surface area (Å²) in [5, 5.41) is 9.18. The number of benzene rings is 1. The third-order valence-corrected chi connectivity index (χ3v) is 5.39. The van der Waals surface area contributed by atoms with E-state index in [4.69, 9.17) is 14.4 Å². The van der Waals surface area contributed by atoms with Gasteiger partial charge in [0.1, 0.15) is 5.76 Å². The van der Waals surface area contributed by atoms with Gasteiger partial charge in [-0.3, -0.25) is 4.90 Å². The lowest BCUT2D eigenvalue weighted by Crippen LogP contribution is -2.46. The van der Waals surface area contributed by atoms with Gasteiger partial charge in [-0.25, -0.2) is 18.4 Å². The van der Waals surface area contributed by atoms with E-state index in [1.165, 1.54) is 19.2 Å². The van der Waals surface area contributed by atoms with Crippen molar-refractivity contribution in [3.63, 3.8) is 0 Å². The second-order valence-corrected chi connectivity index (χ2v) is 7.97. The molecule has 1 aliphatic heterocycles. The van der Waals surface area contributed by atoms with E-state index in [0.29, 0.717) is 25.3 Å². The number of hydrogen-bond donors (Lipinski definition) is 1. The third-order valence-electron chi connectivity index (χ3n) is 4.48. The summed E-state index contributed by atoms with van der Waals surface area (Å²) < 4.78 is 33.1. The molecule has 0 bridgehead atoms. The van der Waals surface area contributed by atoms with Crippen LogP contribution in [0.15, 0.2) is 33.7 Å². The molecule has 27 heavy (non-hydrogen) atoms. The quantitative estimate of drug-likeness (QED) is 0.738. The summed E-state index contributed by atoms with van der Waals surface area (Å²) in [6.45, 7) is 5.44. The molecule has 9 nitrogen and oxygen atoms in total. The monoisotopic (exact) mass is 394 g/mol. The van der Waals surface area contributed by atoms with Gasteiger partial charge in [-0.05, 0) is 25.1 Å². The van der Waals surface area contributed by atoms with Gasteiger partial charge in [0.2, 0.25) is 10.0 Å². The summed E-state index contributed by atoms with van der Waals surface area (Å²) in [7, 11) is -2.65. The molecular weight excluding hydrogens is 372 g/mol. The zero-order chi connectivity index (χ0) is 19.6. The second-order valence-electron chi connectivity index (χ2n) is 6.41. The average molecular weight is 394 g/mol. The van der Waals surface area contributed by atoms with Crippen molar-refractivity contribution >= 4 is 21.7 Å². The van der Waals surface area contributed by atoms with Gasteiger partial charge in [-0.1, -0.05) is 5.16 Å². The number of carbonyl (C=O) groups is 1. The number of aromatic nitrogens is 1. The lowest BCUT2D eigenvalue weighted by atomic mass is 10.1. The van der Waals surface area contributed by atoms with Gasteiger partial charge in [-0.2, -0.15) is 0 Å². The molecule has 0 radical (unpaired) electrons. The van der Waals surface area contributed by atoms with Crippen LogP contribution in [0.2, 0.25) is 0 Å². The number of anilines is 1. The fourth-order valence-electron chi connectivity index (χ4n) is 3.11. The Hall–Kier alpha value is -2.43. The van der Waals surface area contributed by atoms with Gasteiger partial charge in [0.15, 0.2) is 0 Å². The first kappa shape index (κ1) is 19.3. The van der Waals surface area contributed by atoms with Crippen LogP contribution in [0.3, 0.4) is 0 Å². The number of nitrogens with two attached hydrogens (primary N) is 1. The molecule has 2 N–H and O–H groups in total. The molecule has 3 rings (SSSR count). The summed E-state index contributed by atoms with van der Waals surface area (Å²) in [6.07, 6.45) is 0. The first-order valence-corrected chi connectivity index (χ1v) is 9.97. The number of primary sulfonamides is 1. The Kier molecular flexibility index (Phi) is 5.49. The van der Waals surface area contributed by atoms with E-state index < -0.39 is 16.0 Å². The van der Waals surface area contributed by atoms with Crippen LogP contribution < -0.4 is 10.0 Å². The maximum Gasteiger partial charge on any atom is 0.340 e. The predicted octanol–water partition coefficient (Wildman–Crippen LogP) is 0.739. The Morgan fingerprint density at radius 3 is 2.52 bits per heavy atom. The fourth-order valence-corrected chi connectivity index (χ4v) is 3.65.